The molecule has 0 aliphatic carbocycles. The van der Waals surface area contributed by atoms with Gasteiger partial charge in [-0.15, -0.1) is 0 Å². The summed E-state index contributed by atoms with van der Waals surface area (Å²) < 4.78 is 9.62. The third kappa shape index (κ3) is 2.71. The first-order valence-corrected chi connectivity index (χ1v) is 7.44. The summed E-state index contributed by atoms with van der Waals surface area (Å²) in [5.41, 5.74) is 5.71. The number of hydrogen-bond acceptors (Lipinski definition) is 5. The molecule has 0 spiro atoms. The molecule has 0 aromatic carbocycles. The van der Waals surface area contributed by atoms with Crippen LogP contribution in [0.15, 0.2) is 9.59 Å². The zero-order valence-electron chi connectivity index (χ0n) is 13.3. The molecule has 0 unspecified atom stereocenters. The molecule has 0 atom stereocenters. The van der Waals surface area contributed by atoms with Gasteiger partial charge in [0.15, 0.2) is 11.2 Å². The number of imidazole rings is 1. The first-order chi connectivity index (χ1) is 10.6. The normalized spacial score (nSPS) is 11.5. The number of hydrogen-bond donors (Lipinski definition) is 1. The Labute approximate surface area is 128 Å². The molecule has 0 aliphatic heterocycles. The number of nitrogens with zero attached hydrogens (tertiary/aromatic N) is 4. The van der Waals surface area contributed by atoms with Gasteiger partial charge in [-0.2, -0.15) is 0 Å². The quantitative estimate of drug-likeness (QED) is 0.764. The number of methoxy groups -OCH3 is 1. The standard InChI is InChI=1S/C14H23N5O3/c1-4-7-18-12-11(17(2)10(16-12)9-22-3)13(20)19(14(18)21)8-5-6-15/h4-9,15H2,1-3H3. The highest BCUT2D eigenvalue weighted by Crippen LogP contribution is 2.11. The molecule has 2 rings (SSSR count). The van der Waals surface area contributed by atoms with Gasteiger partial charge in [-0.05, 0) is 19.4 Å². The first-order valence-electron chi connectivity index (χ1n) is 7.44. The van der Waals surface area contributed by atoms with Crippen LogP contribution in [0.2, 0.25) is 0 Å². The second-order valence-corrected chi connectivity index (χ2v) is 5.23. The van der Waals surface area contributed by atoms with Crippen LogP contribution >= 0.6 is 0 Å². The molecule has 0 aliphatic rings. The minimum Gasteiger partial charge on any atom is -0.377 e. The second-order valence-electron chi connectivity index (χ2n) is 5.23. The van der Waals surface area contributed by atoms with Crippen molar-refractivity contribution in [3.63, 3.8) is 0 Å². The number of rotatable bonds is 7. The summed E-state index contributed by atoms with van der Waals surface area (Å²) in [6, 6.07) is 0. The third-order valence-electron chi connectivity index (χ3n) is 3.64. The highest BCUT2D eigenvalue weighted by Gasteiger charge is 2.19. The van der Waals surface area contributed by atoms with Gasteiger partial charge in [0.05, 0.1) is 0 Å². The van der Waals surface area contributed by atoms with Crippen molar-refractivity contribution in [1.29, 1.82) is 0 Å². The number of nitrogens with two attached hydrogens (primary N) is 1. The van der Waals surface area contributed by atoms with Gasteiger partial charge in [-0.3, -0.25) is 13.9 Å². The van der Waals surface area contributed by atoms with E-state index in [1.807, 2.05) is 6.92 Å². The molecule has 2 aromatic rings. The van der Waals surface area contributed by atoms with E-state index >= 15 is 0 Å². The number of fused-ring (bicyclic) bond motifs is 1. The van der Waals surface area contributed by atoms with Crippen molar-refractivity contribution in [3.05, 3.63) is 26.7 Å². The van der Waals surface area contributed by atoms with Gasteiger partial charge >= 0.3 is 5.69 Å². The predicted octanol–water partition coefficient (Wildman–Crippen LogP) is -0.198. The zero-order chi connectivity index (χ0) is 16.3. The summed E-state index contributed by atoms with van der Waals surface area (Å²) in [7, 11) is 3.33. The lowest BCUT2D eigenvalue weighted by molar-refractivity contribution is 0.175. The van der Waals surface area contributed by atoms with Crippen LogP contribution in [-0.2, 0) is 31.5 Å². The average Bonchev–Trinajstić information content (AvgIpc) is 2.81. The van der Waals surface area contributed by atoms with Crippen LogP contribution in [0, 0.1) is 0 Å². The molecule has 0 fully saturated rings. The maximum atomic E-state index is 12.7. The average molecular weight is 309 g/mol. The van der Waals surface area contributed by atoms with Crippen LogP contribution < -0.4 is 17.0 Å². The van der Waals surface area contributed by atoms with Crippen molar-refractivity contribution < 1.29 is 4.74 Å². The van der Waals surface area contributed by atoms with Gasteiger partial charge in [0.1, 0.15) is 12.4 Å². The maximum absolute atomic E-state index is 12.7. The molecule has 0 saturated carbocycles. The van der Waals surface area contributed by atoms with Gasteiger partial charge < -0.3 is 15.0 Å². The molecule has 2 aromatic heterocycles. The van der Waals surface area contributed by atoms with Crippen LogP contribution in [0.1, 0.15) is 25.6 Å². The van der Waals surface area contributed by atoms with Gasteiger partial charge in [0.2, 0.25) is 0 Å². The third-order valence-corrected chi connectivity index (χ3v) is 3.64. The number of aryl methyl sites for hydroxylation is 2. The number of aromatic nitrogens is 4. The Kier molecular flexibility index (Phi) is 5.15. The van der Waals surface area contributed by atoms with E-state index in [9.17, 15) is 9.59 Å². The van der Waals surface area contributed by atoms with Gasteiger partial charge in [0.25, 0.3) is 5.56 Å². The van der Waals surface area contributed by atoms with E-state index in [0.717, 1.165) is 6.42 Å². The fraction of sp³-hybridized carbons (Fsp3) is 0.643. The van der Waals surface area contributed by atoms with Crippen molar-refractivity contribution in [3.8, 4) is 0 Å². The van der Waals surface area contributed by atoms with E-state index in [1.165, 1.54) is 4.57 Å². The van der Waals surface area contributed by atoms with Crippen molar-refractivity contribution >= 4 is 11.2 Å². The highest BCUT2D eigenvalue weighted by molar-refractivity contribution is 5.71. The maximum Gasteiger partial charge on any atom is 0.332 e. The van der Waals surface area contributed by atoms with Crippen molar-refractivity contribution in [1.82, 2.24) is 18.7 Å². The Hall–Kier alpha value is -1.93. The number of ether oxygens (including phenoxy) is 1. The molecule has 0 amide bonds. The Bertz CT molecular complexity index is 771. The molecule has 0 bridgehead atoms. The Morgan fingerprint density at radius 2 is 1.95 bits per heavy atom. The van der Waals surface area contributed by atoms with Gasteiger partial charge in [-0.1, -0.05) is 6.92 Å². The predicted molar refractivity (Wildman–Crippen MR) is 83.9 cm³/mol. The Morgan fingerprint density at radius 1 is 1.23 bits per heavy atom. The molecule has 2 heterocycles. The van der Waals surface area contributed by atoms with E-state index in [0.29, 0.717) is 43.0 Å². The topological polar surface area (TPSA) is 97.1 Å². The monoisotopic (exact) mass is 309 g/mol. The van der Waals surface area contributed by atoms with Crippen LogP contribution in [0.5, 0.6) is 0 Å². The van der Waals surface area contributed by atoms with Crippen LogP contribution in [0.25, 0.3) is 11.2 Å². The van der Waals surface area contributed by atoms with Gasteiger partial charge in [-0.25, -0.2) is 9.78 Å². The van der Waals surface area contributed by atoms with Crippen molar-refractivity contribution in [2.24, 2.45) is 12.8 Å². The highest BCUT2D eigenvalue weighted by atomic mass is 16.5. The molecular formula is C14H23N5O3. The fourth-order valence-corrected chi connectivity index (χ4v) is 2.54. The summed E-state index contributed by atoms with van der Waals surface area (Å²) in [6.45, 7) is 3.53. The van der Waals surface area contributed by atoms with Crippen molar-refractivity contribution in [2.75, 3.05) is 13.7 Å². The molecule has 2 N–H and O–H groups in total. The van der Waals surface area contributed by atoms with Crippen LogP contribution in [0.3, 0.4) is 0 Å². The molecule has 0 radical (unpaired) electrons. The van der Waals surface area contributed by atoms with Crippen LogP contribution in [-0.4, -0.2) is 32.3 Å². The Morgan fingerprint density at radius 3 is 2.55 bits per heavy atom. The van der Waals surface area contributed by atoms with E-state index in [1.54, 1.807) is 23.3 Å². The summed E-state index contributed by atoms with van der Waals surface area (Å²) in [5, 5.41) is 0. The lowest BCUT2D eigenvalue weighted by Gasteiger charge is -2.10. The Balaban J connectivity index is 2.79. The van der Waals surface area contributed by atoms with E-state index < -0.39 is 0 Å². The second kappa shape index (κ2) is 6.89. The summed E-state index contributed by atoms with van der Waals surface area (Å²) in [4.78, 5) is 29.7. The first kappa shape index (κ1) is 16.4. The minimum atomic E-state index is -0.324. The molecule has 0 saturated heterocycles. The summed E-state index contributed by atoms with van der Waals surface area (Å²) in [6.07, 6.45) is 1.36. The van der Waals surface area contributed by atoms with Gasteiger partial charge in [0, 0.05) is 27.2 Å². The SMILES string of the molecule is CCCn1c(=O)n(CCCN)c(=O)c2c1nc(COC)n2C. The van der Waals surface area contributed by atoms with E-state index in [-0.39, 0.29) is 17.9 Å². The molecular weight excluding hydrogens is 286 g/mol. The minimum absolute atomic E-state index is 0.285. The lowest BCUT2D eigenvalue weighted by Crippen LogP contribution is -2.41. The molecule has 122 valence electrons. The van der Waals surface area contributed by atoms with E-state index in [4.69, 9.17) is 10.5 Å². The fourth-order valence-electron chi connectivity index (χ4n) is 2.54. The summed E-state index contributed by atoms with van der Waals surface area (Å²) in [5.74, 6) is 0.621. The van der Waals surface area contributed by atoms with Crippen molar-refractivity contribution in [2.45, 2.75) is 39.5 Å². The molecule has 22 heavy (non-hydrogen) atoms. The largest absolute Gasteiger partial charge is 0.377 e. The molecule has 8 heteroatoms. The summed E-state index contributed by atoms with van der Waals surface area (Å²) >= 11 is 0. The lowest BCUT2D eigenvalue weighted by atomic mass is 10.4. The smallest absolute Gasteiger partial charge is 0.332 e. The van der Waals surface area contributed by atoms with Crippen LogP contribution in [0.4, 0.5) is 0 Å². The molecule has 8 nitrogen and oxygen atoms in total. The zero-order valence-corrected chi connectivity index (χ0v) is 13.3. The van der Waals surface area contributed by atoms with E-state index in [2.05, 4.69) is 4.98 Å².